The maximum Gasteiger partial charge on any atom is 0.224 e. The molecule has 6 heteroatoms. The van der Waals surface area contributed by atoms with Crippen LogP contribution in [-0.4, -0.2) is 50.1 Å². The predicted octanol–water partition coefficient (Wildman–Crippen LogP) is 1.68. The summed E-state index contributed by atoms with van der Waals surface area (Å²) in [4.78, 5) is 14.2. The largest absolute Gasteiger partial charge is 0.356 e. The molecule has 4 nitrogen and oxygen atoms in total. The number of piperidine rings is 1. The van der Waals surface area contributed by atoms with E-state index < -0.39 is 0 Å². The Labute approximate surface area is 129 Å². The highest BCUT2D eigenvalue weighted by atomic mass is 35.5. The fraction of sp³-hybridized carbons (Fsp3) is 0.923. The van der Waals surface area contributed by atoms with Gasteiger partial charge >= 0.3 is 0 Å². The summed E-state index contributed by atoms with van der Waals surface area (Å²) in [6.07, 6.45) is 3.21. The molecule has 0 aromatic heterocycles. The normalized spacial score (nSPS) is 18.4. The van der Waals surface area contributed by atoms with Crippen LogP contribution in [0.25, 0.3) is 0 Å². The molecule has 1 atom stereocenters. The molecule has 2 N–H and O–H groups in total. The van der Waals surface area contributed by atoms with Gasteiger partial charge < -0.3 is 15.5 Å². The molecule has 116 valence electrons. The number of carbonyl (C=O) groups is 1. The Bertz CT molecular complexity index is 220. The highest BCUT2D eigenvalue weighted by Gasteiger charge is 2.19. The van der Waals surface area contributed by atoms with Crippen molar-refractivity contribution in [2.75, 3.05) is 39.3 Å². The van der Waals surface area contributed by atoms with Crippen LogP contribution in [0.5, 0.6) is 0 Å². The van der Waals surface area contributed by atoms with Crippen molar-refractivity contribution < 1.29 is 4.79 Å². The number of hydrogen-bond acceptors (Lipinski definition) is 3. The minimum atomic E-state index is 0. The van der Waals surface area contributed by atoms with Gasteiger partial charge in [-0.2, -0.15) is 0 Å². The molecule has 1 unspecified atom stereocenters. The van der Waals surface area contributed by atoms with Gasteiger partial charge in [0.05, 0.1) is 5.92 Å². The van der Waals surface area contributed by atoms with Crippen LogP contribution >= 0.6 is 24.8 Å². The third kappa shape index (κ3) is 8.69. The second-order valence-electron chi connectivity index (χ2n) is 4.71. The van der Waals surface area contributed by atoms with Gasteiger partial charge in [-0.1, -0.05) is 13.8 Å². The molecule has 1 heterocycles. The number of nitrogens with zero attached hydrogens (tertiary/aromatic N) is 1. The van der Waals surface area contributed by atoms with Gasteiger partial charge in [-0.3, -0.25) is 4.79 Å². The molecule has 0 radical (unpaired) electrons. The van der Waals surface area contributed by atoms with E-state index in [1.807, 2.05) is 0 Å². The van der Waals surface area contributed by atoms with E-state index in [0.29, 0.717) is 0 Å². The molecule has 1 aliphatic heterocycles. The quantitative estimate of drug-likeness (QED) is 0.703. The SMILES string of the molecule is CCN(CC)CCCNC(=O)C1CCCNC1.Cl.Cl. The van der Waals surface area contributed by atoms with Crippen LogP contribution in [0.2, 0.25) is 0 Å². The van der Waals surface area contributed by atoms with Gasteiger partial charge in [0, 0.05) is 13.1 Å². The van der Waals surface area contributed by atoms with Crippen molar-refractivity contribution in [3.63, 3.8) is 0 Å². The number of carbonyl (C=O) groups excluding carboxylic acids is 1. The van der Waals surface area contributed by atoms with Crippen LogP contribution in [0.3, 0.4) is 0 Å². The highest BCUT2D eigenvalue weighted by Crippen LogP contribution is 2.09. The fourth-order valence-electron chi connectivity index (χ4n) is 2.27. The molecular weight excluding hydrogens is 285 g/mol. The molecule has 0 bridgehead atoms. The molecule has 0 aromatic carbocycles. The van der Waals surface area contributed by atoms with Crippen LogP contribution in [-0.2, 0) is 4.79 Å². The molecule has 1 rings (SSSR count). The molecule has 0 saturated carbocycles. The van der Waals surface area contributed by atoms with E-state index in [1.165, 1.54) is 0 Å². The van der Waals surface area contributed by atoms with Crippen molar-refractivity contribution in [3.8, 4) is 0 Å². The first kappa shape index (κ1) is 21.3. The van der Waals surface area contributed by atoms with E-state index in [9.17, 15) is 4.79 Å². The topological polar surface area (TPSA) is 44.4 Å². The molecule has 19 heavy (non-hydrogen) atoms. The first-order chi connectivity index (χ1) is 8.27. The Morgan fingerprint density at radius 1 is 1.32 bits per heavy atom. The molecule has 1 fully saturated rings. The lowest BCUT2D eigenvalue weighted by atomic mass is 9.99. The summed E-state index contributed by atoms with van der Waals surface area (Å²) in [6, 6.07) is 0. The summed E-state index contributed by atoms with van der Waals surface area (Å²) in [6.45, 7) is 10.3. The van der Waals surface area contributed by atoms with E-state index in [0.717, 1.165) is 58.5 Å². The first-order valence-electron chi connectivity index (χ1n) is 6.98. The summed E-state index contributed by atoms with van der Waals surface area (Å²) >= 11 is 0. The Kier molecular flexibility index (Phi) is 14.5. The van der Waals surface area contributed by atoms with Crippen molar-refractivity contribution in [2.45, 2.75) is 33.1 Å². The Morgan fingerprint density at radius 3 is 2.53 bits per heavy atom. The Balaban J connectivity index is 0. The summed E-state index contributed by atoms with van der Waals surface area (Å²) in [5, 5.41) is 6.32. The van der Waals surface area contributed by atoms with Gasteiger partial charge in [-0.15, -0.1) is 24.8 Å². The molecule has 0 aromatic rings. The Hall–Kier alpha value is -0.0300. The number of rotatable bonds is 7. The van der Waals surface area contributed by atoms with E-state index in [1.54, 1.807) is 0 Å². The molecular formula is C13H29Cl2N3O. The van der Waals surface area contributed by atoms with Crippen molar-refractivity contribution >= 4 is 30.7 Å². The maximum atomic E-state index is 11.8. The van der Waals surface area contributed by atoms with Crippen LogP contribution in [0, 0.1) is 5.92 Å². The van der Waals surface area contributed by atoms with E-state index in [2.05, 4.69) is 29.4 Å². The molecule has 0 aliphatic carbocycles. The lowest BCUT2D eigenvalue weighted by Gasteiger charge is -2.22. The van der Waals surface area contributed by atoms with Gasteiger partial charge in [0.1, 0.15) is 0 Å². The summed E-state index contributed by atoms with van der Waals surface area (Å²) in [5.41, 5.74) is 0. The van der Waals surface area contributed by atoms with E-state index in [-0.39, 0.29) is 36.6 Å². The summed E-state index contributed by atoms with van der Waals surface area (Å²) in [5.74, 6) is 0.425. The van der Waals surface area contributed by atoms with Gasteiger partial charge in [0.2, 0.25) is 5.91 Å². The fourth-order valence-corrected chi connectivity index (χ4v) is 2.27. The average Bonchev–Trinajstić information content (AvgIpc) is 2.40. The zero-order valence-corrected chi connectivity index (χ0v) is 13.7. The smallest absolute Gasteiger partial charge is 0.224 e. The Morgan fingerprint density at radius 2 is 2.00 bits per heavy atom. The minimum Gasteiger partial charge on any atom is -0.356 e. The van der Waals surface area contributed by atoms with Gasteiger partial charge in [0.15, 0.2) is 0 Å². The van der Waals surface area contributed by atoms with Gasteiger partial charge in [-0.25, -0.2) is 0 Å². The van der Waals surface area contributed by atoms with Crippen LogP contribution < -0.4 is 10.6 Å². The van der Waals surface area contributed by atoms with Crippen LogP contribution in [0.1, 0.15) is 33.1 Å². The lowest BCUT2D eigenvalue weighted by molar-refractivity contribution is -0.125. The number of hydrogen-bond donors (Lipinski definition) is 2. The molecule has 0 spiro atoms. The number of amides is 1. The summed E-state index contributed by atoms with van der Waals surface area (Å²) < 4.78 is 0. The van der Waals surface area contributed by atoms with Crippen LogP contribution in [0.15, 0.2) is 0 Å². The third-order valence-electron chi connectivity index (χ3n) is 3.51. The van der Waals surface area contributed by atoms with Crippen molar-refractivity contribution in [3.05, 3.63) is 0 Å². The zero-order valence-electron chi connectivity index (χ0n) is 12.1. The lowest BCUT2D eigenvalue weighted by Crippen LogP contribution is -2.41. The van der Waals surface area contributed by atoms with Crippen molar-refractivity contribution in [1.82, 2.24) is 15.5 Å². The summed E-state index contributed by atoms with van der Waals surface area (Å²) in [7, 11) is 0. The highest BCUT2D eigenvalue weighted by molar-refractivity contribution is 5.85. The molecule has 1 amide bonds. The molecule has 1 aliphatic rings. The second-order valence-corrected chi connectivity index (χ2v) is 4.71. The van der Waals surface area contributed by atoms with E-state index in [4.69, 9.17) is 0 Å². The minimum absolute atomic E-state index is 0. The van der Waals surface area contributed by atoms with Crippen LogP contribution in [0.4, 0.5) is 0 Å². The van der Waals surface area contributed by atoms with E-state index >= 15 is 0 Å². The zero-order chi connectivity index (χ0) is 12.5. The molecule has 1 saturated heterocycles. The average molecular weight is 314 g/mol. The standard InChI is InChI=1S/C13H27N3O.2ClH/c1-3-16(4-2)10-6-9-15-13(17)12-7-5-8-14-11-12;;/h12,14H,3-11H2,1-2H3,(H,15,17);2*1H. The number of nitrogens with one attached hydrogen (secondary N) is 2. The first-order valence-corrected chi connectivity index (χ1v) is 6.98. The number of halogens is 2. The predicted molar refractivity (Wildman–Crippen MR) is 85.5 cm³/mol. The second kappa shape index (κ2) is 13.0. The van der Waals surface area contributed by atoms with Crippen molar-refractivity contribution in [1.29, 1.82) is 0 Å². The van der Waals surface area contributed by atoms with Gasteiger partial charge in [0.25, 0.3) is 0 Å². The van der Waals surface area contributed by atoms with Crippen molar-refractivity contribution in [2.24, 2.45) is 5.92 Å². The van der Waals surface area contributed by atoms with Gasteiger partial charge in [-0.05, 0) is 45.4 Å². The third-order valence-corrected chi connectivity index (χ3v) is 3.51. The maximum absolute atomic E-state index is 11.8. The monoisotopic (exact) mass is 313 g/mol.